The Hall–Kier alpha value is -3.46. The maximum atomic E-state index is 11.8. The predicted octanol–water partition coefficient (Wildman–Crippen LogP) is 2.23. The van der Waals surface area contributed by atoms with E-state index in [1.807, 2.05) is 0 Å². The van der Waals surface area contributed by atoms with E-state index in [-0.39, 0.29) is 18.1 Å². The summed E-state index contributed by atoms with van der Waals surface area (Å²) in [5, 5.41) is 6.02. The van der Waals surface area contributed by atoms with Gasteiger partial charge in [0.25, 0.3) is 0 Å². The van der Waals surface area contributed by atoms with Gasteiger partial charge in [-0.2, -0.15) is 5.10 Å². The Labute approximate surface area is 152 Å². The molecule has 0 spiro atoms. The Bertz CT molecular complexity index is 917. The lowest BCUT2D eigenvalue weighted by Crippen LogP contribution is -2.19. The first kappa shape index (κ1) is 17.4. The smallest absolute Gasteiger partial charge is 0.379 e. The molecular formula is C17H14N4O4S. The number of anilines is 1. The maximum Gasteiger partial charge on any atom is 0.379 e. The number of nitrogens with one attached hydrogen (secondary N) is 1. The van der Waals surface area contributed by atoms with Gasteiger partial charge in [0.1, 0.15) is 5.75 Å². The molecular weight excluding hydrogens is 356 g/mol. The van der Waals surface area contributed by atoms with Gasteiger partial charge in [-0.15, -0.1) is 11.3 Å². The van der Waals surface area contributed by atoms with Crippen molar-refractivity contribution in [2.45, 2.75) is 6.42 Å². The Morgan fingerprint density at radius 3 is 2.77 bits per heavy atom. The summed E-state index contributed by atoms with van der Waals surface area (Å²) in [4.78, 5) is 27.5. The number of benzene rings is 1. The molecule has 8 nitrogen and oxygen atoms in total. The molecule has 26 heavy (non-hydrogen) atoms. The van der Waals surface area contributed by atoms with Crippen molar-refractivity contribution in [3.63, 3.8) is 0 Å². The molecule has 2 heterocycles. The summed E-state index contributed by atoms with van der Waals surface area (Å²) < 4.78 is 10.1. The molecule has 0 aliphatic heterocycles. The van der Waals surface area contributed by atoms with Crippen molar-refractivity contribution < 1.29 is 18.7 Å². The molecule has 3 rings (SSSR count). The minimum atomic E-state index is -0.577. The molecule has 9 heteroatoms. The van der Waals surface area contributed by atoms with Gasteiger partial charge in [-0.05, 0) is 42.0 Å². The number of hydrogen-bond acceptors (Lipinski definition) is 8. The van der Waals surface area contributed by atoms with Crippen molar-refractivity contribution in [2.24, 2.45) is 5.10 Å². The van der Waals surface area contributed by atoms with Gasteiger partial charge in [0, 0.05) is 5.38 Å². The number of esters is 1. The summed E-state index contributed by atoms with van der Waals surface area (Å²) in [6.07, 6.45) is 2.98. The molecule has 0 radical (unpaired) electrons. The summed E-state index contributed by atoms with van der Waals surface area (Å²) in [5.74, 6) is -0.379. The second-order valence-corrected chi connectivity index (χ2v) is 5.97. The topological polar surface area (TPSA) is 120 Å². The van der Waals surface area contributed by atoms with E-state index in [1.165, 1.54) is 29.9 Å². The van der Waals surface area contributed by atoms with Crippen molar-refractivity contribution in [2.75, 3.05) is 5.73 Å². The van der Waals surface area contributed by atoms with Crippen LogP contribution in [0.15, 0.2) is 57.6 Å². The summed E-state index contributed by atoms with van der Waals surface area (Å²) in [5.41, 5.74) is 9.24. The van der Waals surface area contributed by atoms with Crippen LogP contribution < -0.4 is 15.9 Å². The quantitative estimate of drug-likeness (QED) is 0.297. The first-order valence-electron chi connectivity index (χ1n) is 7.48. The number of nitrogens with two attached hydrogens (primary N) is 1. The van der Waals surface area contributed by atoms with Gasteiger partial charge < -0.3 is 14.9 Å². The molecule has 0 saturated carbocycles. The molecule has 0 aliphatic rings. The monoisotopic (exact) mass is 370 g/mol. The highest BCUT2D eigenvalue weighted by atomic mass is 32.1. The molecule has 3 aromatic rings. The number of amides is 1. The molecule has 2 aromatic heterocycles. The number of nitrogens with zero attached hydrogens (tertiary/aromatic N) is 2. The van der Waals surface area contributed by atoms with Gasteiger partial charge in [0.15, 0.2) is 5.13 Å². The number of thiazole rings is 1. The van der Waals surface area contributed by atoms with Crippen LogP contribution in [0.5, 0.6) is 5.75 Å². The highest BCUT2D eigenvalue weighted by Crippen LogP contribution is 2.14. The summed E-state index contributed by atoms with van der Waals surface area (Å²) >= 11 is 1.28. The molecule has 1 aromatic carbocycles. The molecule has 3 N–H and O–H groups in total. The van der Waals surface area contributed by atoms with Gasteiger partial charge in [0.2, 0.25) is 11.7 Å². The molecule has 0 atom stereocenters. The molecule has 1 amide bonds. The maximum absolute atomic E-state index is 11.8. The van der Waals surface area contributed by atoms with Crippen LogP contribution in [0.1, 0.15) is 21.8 Å². The number of hydrogen-bond donors (Lipinski definition) is 2. The lowest BCUT2D eigenvalue weighted by Gasteiger charge is -2.02. The van der Waals surface area contributed by atoms with E-state index in [0.29, 0.717) is 16.6 Å². The second kappa shape index (κ2) is 8.08. The Balaban J connectivity index is 1.49. The number of nitrogen functional groups attached to an aromatic ring is 1. The fraction of sp³-hybridized carbons (Fsp3) is 0.0588. The van der Waals surface area contributed by atoms with Crippen molar-refractivity contribution in [3.8, 4) is 5.75 Å². The van der Waals surface area contributed by atoms with Crippen LogP contribution >= 0.6 is 11.3 Å². The number of furan rings is 1. The highest BCUT2D eigenvalue weighted by molar-refractivity contribution is 7.13. The molecule has 0 unspecified atom stereocenters. The van der Waals surface area contributed by atoms with Crippen LogP contribution in [-0.4, -0.2) is 23.1 Å². The van der Waals surface area contributed by atoms with Gasteiger partial charge in [-0.25, -0.2) is 15.2 Å². The van der Waals surface area contributed by atoms with E-state index in [2.05, 4.69) is 15.5 Å². The molecule has 0 aliphatic carbocycles. The van der Waals surface area contributed by atoms with E-state index in [1.54, 1.807) is 35.7 Å². The summed E-state index contributed by atoms with van der Waals surface area (Å²) in [6.45, 7) is 0. The average Bonchev–Trinajstić information content (AvgIpc) is 3.28. The zero-order chi connectivity index (χ0) is 18.4. The SMILES string of the molecule is Nc1nc(CC(=O)N/N=C/c2ccc(OC(=O)c3ccco3)cc2)cs1. The predicted molar refractivity (Wildman–Crippen MR) is 96.1 cm³/mol. The normalized spacial score (nSPS) is 10.8. The minimum Gasteiger partial charge on any atom is -0.457 e. The second-order valence-electron chi connectivity index (χ2n) is 5.08. The van der Waals surface area contributed by atoms with Gasteiger partial charge in [-0.1, -0.05) is 0 Å². The lowest BCUT2D eigenvalue weighted by molar-refractivity contribution is -0.120. The average molecular weight is 370 g/mol. The van der Waals surface area contributed by atoms with E-state index >= 15 is 0 Å². The first-order valence-corrected chi connectivity index (χ1v) is 8.35. The standard InChI is InChI=1S/C17H14N4O4S/c18-17-20-12(10-26-17)8-15(22)21-19-9-11-3-5-13(6-4-11)25-16(23)14-2-1-7-24-14/h1-7,9-10H,8H2,(H2,18,20)(H,21,22)/b19-9+. The number of ether oxygens (including phenoxy) is 1. The van der Waals surface area contributed by atoms with E-state index < -0.39 is 5.97 Å². The van der Waals surface area contributed by atoms with Crippen LogP contribution in [0, 0.1) is 0 Å². The lowest BCUT2D eigenvalue weighted by atomic mass is 10.2. The highest BCUT2D eigenvalue weighted by Gasteiger charge is 2.11. The van der Waals surface area contributed by atoms with Crippen LogP contribution in [0.4, 0.5) is 5.13 Å². The summed E-state index contributed by atoms with van der Waals surface area (Å²) in [6, 6.07) is 9.74. The van der Waals surface area contributed by atoms with Gasteiger partial charge >= 0.3 is 5.97 Å². The van der Waals surface area contributed by atoms with Crippen LogP contribution in [0.25, 0.3) is 0 Å². The third-order valence-electron chi connectivity index (χ3n) is 3.13. The van der Waals surface area contributed by atoms with Crippen LogP contribution in [-0.2, 0) is 11.2 Å². The number of aromatic nitrogens is 1. The number of rotatable bonds is 6. The van der Waals surface area contributed by atoms with E-state index in [9.17, 15) is 9.59 Å². The third-order valence-corrected chi connectivity index (χ3v) is 3.85. The van der Waals surface area contributed by atoms with Crippen LogP contribution in [0.3, 0.4) is 0 Å². The zero-order valence-electron chi connectivity index (χ0n) is 13.4. The Morgan fingerprint density at radius 2 is 2.12 bits per heavy atom. The Morgan fingerprint density at radius 1 is 1.31 bits per heavy atom. The summed E-state index contributed by atoms with van der Waals surface area (Å²) in [7, 11) is 0. The fourth-order valence-electron chi connectivity index (χ4n) is 1.96. The van der Waals surface area contributed by atoms with Gasteiger partial charge in [-0.3, -0.25) is 4.79 Å². The van der Waals surface area contributed by atoms with Gasteiger partial charge in [0.05, 0.1) is 24.6 Å². The number of carbonyl (C=O) groups is 2. The first-order chi connectivity index (χ1) is 12.6. The molecule has 0 bridgehead atoms. The largest absolute Gasteiger partial charge is 0.457 e. The number of hydrazone groups is 1. The van der Waals surface area contributed by atoms with E-state index in [0.717, 1.165) is 5.56 Å². The van der Waals surface area contributed by atoms with Crippen molar-refractivity contribution in [1.82, 2.24) is 10.4 Å². The van der Waals surface area contributed by atoms with Crippen molar-refractivity contribution in [1.29, 1.82) is 0 Å². The van der Waals surface area contributed by atoms with Crippen molar-refractivity contribution in [3.05, 3.63) is 65.1 Å². The number of carbonyl (C=O) groups excluding carboxylic acids is 2. The fourth-order valence-corrected chi connectivity index (χ4v) is 2.52. The van der Waals surface area contributed by atoms with E-state index in [4.69, 9.17) is 14.9 Å². The molecule has 0 fully saturated rings. The molecule has 0 saturated heterocycles. The minimum absolute atomic E-state index is 0.104. The third kappa shape index (κ3) is 4.77. The van der Waals surface area contributed by atoms with Crippen LogP contribution in [0.2, 0.25) is 0 Å². The molecule has 132 valence electrons. The van der Waals surface area contributed by atoms with Crippen molar-refractivity contribution >= 4 is 34.6 Å². The Kier molecular flexibility index (Phi) is 5.40. The zero-order valence-corrected chi connectivity index (χ0v) is 14.2.